The number of halogens is 3. The summed E-state index contributed by atoms with van der Waals surface area (Å²) in [6.07, 6.45) is -4.57. The Labute approximate surface area is 81.1 Å². The monoisotopic (exact) mass is 210 g/mol. The summed E-state index contributed by atoms with van der Waals surface area (Å²) in [5.41, 5.74) is 0. The zero-order valence-corrected chi connectivity index (χ0v) is 7.90. The van der Waals surface area contributed by atoms with Gasteiger partial charge >= 0.3 is 6.18 Å². The summed E-state index contributed by atoms with van der Waals surface area (Å²) in [5, 5.41) is 9.15. The topological polar surface area (TPSA) is 29.5 Å². The van der Waals surface area contributed by atoms with Gasteiger partial charge in [-0.3, -0.25) is 0 Å². The van der Waals surface area contributed by atoms with E-state index in [2.05, 4.69) is 16.6 Å². The Hall–Kier alpha value is -0.730. The first-order valence-corrected chi connectivity index (χ1v) is 4.18. The first-order chi connectivity index (χ1) is 6.45. The molecular weight excluding hydrogens is 197 g/mol. The van der Waals surface area contributed by atoms with Crippen LogP contribution >= 0.6 is 0 Å². The van der Waals surface area contributed by atoms with E-state index < -0.39 is 18.9 Å². The average Bonchev–Trinajstić information content (AvgIpc) is 2.07. The number of aliphatic hydroxyl groups is 1. The fraction of sp³-hybridized carbons (Fsp3) is 0.778. The first kappa shape index (κ1) is 13.3. The average molecular weight is 210 g/mol. The Kier molecular flexibility index (Phi) is 6.34. The molecular formula is C9H13F3O2. The van der Waals surface area contributed by atoms with E-state index in [1.54, 1.807) is 6.92 Å². The van der Waals surface area contributed by atoms with E-state index in [9.17, 15) is 13.2 Å². The van der Waals surface area contributed by atoms with Gasteiger partial charge in [0.2, 0.25) is 0 Å². The molecule has 14 heavy (non-hydrogen) atoms. The Balaban J connectivity index is 3.39. The van der Waals surface area contributed by atoms with Gasteiger partial charge in [-0.15, -0.1) is 11.8 Å². The molecule has 0 aliphatic heterocycles. The van der Waals surface area contributed by atoms with E-state index in [0.29, 0.717) is 0 Å². The van der Waals surface area contributed by atoms with E-state index in [1.807, 2.05) is 0 Å². The molecule has 0 rings (SSSR count). The first-order valence-electron chi connectivity index (χ1n) is 4.18. The van der Waals surface area contributed by atoms with Crippen molar-refractivity contribution in [1.82, 2.24) is 0 Å². The molecule has 0 aliphatic carbocycles. The number of hydrogen-bond donors (Lipinski definition) is 1. The molecule has 0 bridgehead atoms. The SMILES string of the molecule is CC#CCC(O)CCOCC(F)(F)F. The molecule has 0 amide bonds. The van der Waals surface area contributed by atoms with Gasteiger partial charge in [0, 0.05) is 13.0 Å². The van der Waals surface area contributed by atoms with Gasteiger partial charge in [0.25, 0.3) is 0 Å². The van der Waals surface area contributed by atoms with Crippen molar-refractivity contribution in [2.45, 2.75) is 32.0 Å². The third-order valence-electron chi connectivity index (χ3n) is 1.38. The van der Waals surface area contributed by atoms with E-state index in [0.717, 1.165) is 0 Å². The second kappa shape index (κ2) is 6.68. The van der Waals surface area contributed by atoms with Crippen molar-refractivity contribution in [2.24, 2.45) is 0 Å². The minimum Gasteiger partial charge on any atom is -0.392 e. The lowest BCUT2D eigenvalue weighted by Crippen LogP contribution is -2.19. The van der Waals surface area contributed by atoms with Crippen molar-refractivity contribution in [1.29, 1.82) is 0 Å². The predicted octanol–water partition coefficient (Wildman–Crippen LogP) is 1.73. The van der Waals surface area contributed by atoms with Crippen LogP contribution in [0.25, 0.3) is 0 Å². The summed E-state index contributed by atoms with van der Waals surface area (Å²) in [6.45, 7) is 0.262. The number of alkyl halides is 3. The van der Waals surface area contributed by atoms with Gasteiger partial charge in [-0.05, 0) is 13.3 Å². The fourth-order valence-corrected chi connectivity index (χ4v) is 0.729. The molecule has 0 aromatic heterocycles. The maximum atomic E-state index is 11.6. The Bertz CT molecular complexity index is 202. The summed E-state index contributed by atoms with van der Waals surface area (Å²) in [4.78, 5) is 0. The van der Waals surface area contributed by atoms with Gasteiger partial charge in [0.1, 0.15) is 6.61 Å². The van der Waals surface area contributed by atoms with Crippen LogP contribution in [-0.4, -0.2) is 30.6 Å². The molecule has 5 heteroatoms. The van der Waals surface area contributed by atoms with Crippen LogP contribution in [0.1, 0.15) is 19.8 Å². The van der Waals surface area contributed by atoms with Crippen LogP contribution in [0.3, 0.4) is 0 Å². The van der Waals surface area contributed by atoms with Gasteiger partial charge in [-0.2, -0.15) is 13.2 Å². The zero-order chi connectivity index (χ0) is 11.0. The fourth-order valence-electron chi connectivity index (χ4n) is 0.729. The van der Waals surface area contributed by atoms with Crippen LogP contribution in [0.2, 0.25) is 0 Å². The van der Waals surface area contributed by atoms with E-state index in [1.165, 1.54) is 0 Å². The Morgan fingerprint density at radius 2 is 2.07 bits per heavy atom. The highest BCUT2D eigenvalue weighted by molar-refractivity contribution is 4.96. The van der Waals surface area contributed by atoms with Crippen LogP contribution in [-0.2, 0) is 4.74 Å². The van der Waals surface area contributed by atoms with Crippen LogP contribution in [0.15, 0.2) is 0 Å². The van der Waals surface area contributed by atoms with E-state index in [-0.39, 0.29) is 19.4 Å². The van der Waals surface area contributed by atoms with Crippen LogP contribution in [0, 0.1) is 11.8 Å². The summed E-state index contributed by atoms with van der Waals surface area (Å²) in [5.74, 6) is 5.21. The van der Waals surface area contributed by atoms with Gasteiger partial charge in [-0.1, -0.05) is 0 Å². The summed E-state index contributed by atoms with van der Waals surface area (Å²) >= 11 is 0. The molecule has 0 heterocycles. The molecule has 0 aliphatic rings. The van der Waals surface area contributed by atoms with Crippen LogP contribution in [0.4, 0.5) is 13.2 Å². The molecule has 1 atom stereocenters. The maximum absolute atomic E-state index is 11.6. The summed E-state index contributed by atoms with van der Waals surface area (Å²) in [6, 6.07) is 0. The van der Waals surface area contributed by atoms with Crippen molar-refractivity contribution in [2.75, 3.05) is 13.2 Å². The highest BCUT2D eigenvalue weighted by Gasteiger charge is 2.27. The second-order valence-electron chi connectivity index (χ2n) is 2.74. The van der Waals surface area contributed by atoms with Crippen LogP contribution < -0.4 is 0 Å². The molecule has 0 saturated carbocycles. The van der Waals surface area contributed by atoms with Crippen molar-refractivity contribution in [3.63, 3.8) is 0 Å². The smallest absolute Gasteiger partial charge is 0.392 e. The highest BCUT2D eigenvalue weighted by atomic mass is 19.4. The number of aliphatic hydroxyl groups excluding tert-OH is 1. The molecule has 0 radical (unpaired) electrons. The molecule has 0 fully saturated rings. The predicted molar refractivity (Wildman–Crippen MR) is 45.6 cm³/mol. The van der Waals surface area contributed by atoms with Gasteiger partial charge in [0.05, 0.1) is 6.10 Å². The minimum absolute atomic E-state index is 0.105. The van der Waals surface area contributed by atoms with E-state index in [4.69, 9.17) is 5.11 Å². The van der Waals surface area contributed by atoms with Crippen molar-refractivity contribution in [3.8, 4) is 11.8 Å². The molecule has 82 valence electrons. The quantitative estimate of drug-likeness (QED) is 0.553. The maximum Gasteiger partial charge on any atom is 0.411 e. The number of rotatable bonds is 5. The number of ether oxygens (including phenoxy) is 1. The standard InChI is InChI=1S/C9H13F3O2/c1-2-3-4-8(13)5-6-14-7-9(10,11)12/h8,13H,4-7H2,1H3. The molecule has 0 spiro atoms. The summed E-state index contributed by atoms with van der Waals surface area (Å²) < 4.78 is 39.0. The molecule has 0 aromatic carbocycles. The molecule has 1 unspecified atom stereocenters. The van der Waals surface area contributed by atoms with Gasteiger partial charge < -0.3 is 9.84 Å². The highest BCUT2D eigenvalue weighted by Crippen LogP contribution is 2.14. The van der Waals surface area contributed by atoms with Crippen molar-refractivity contribution in [3.05, 3.63) is 0 Å². The van der Waals surface area contributed by atoms with Crippen molar-refractivity contribution >= 4 is 0 Å². The lowest BCUT2D eigenvalue weighted by Gasteiger charge is -2.09. The normalized spacial score (nSPS) is 13.2. The summed E-state index contributed by atoms with van der Waals surface area (Å²) in [7, 11) is 0. The molecule has 0 saturated heterocycles. The third kappa shape index (κ3) is 9.36. The number of hydrogen-bond acceptors (Lipinski definition) is 2. The third-order valence-corrected chi connectivity index (χ3v) is 1.38. The zero-order valence-electron chi connectivity index (χ0n) is 7.90. The molecule has 2 nitrogen and oxygen atoms in total. The largest absolute Gasteiger partial charge is 0.411 e. The van der Waals surface area contributed by atoms with Crippen molar-refractivity contribution < 1.29 is 23.0 Å². The van der Waals surface area contributed by atoms with Gasteiger partial charge in [0.15, 0.2) is 0 Å². The lowest BCUT2D eigenvalue weighted by molar-refractivity contribution is -0.175. The van der Waals surface area contributed by atoms with Crippen LogP contribution in [0.5, 0.6) is 0 Å². The lowest BCUT2D eigenvalue weighted by atomic mass is 10.2. The Morgan fingerprint density at radius 1 is 1.43 bits per heavy atom. The second-order valence-corrected chi connectivity index (χ2v) is 2.74. The Morgan fingerprint density at radius 3 is 2.57 bits per heavy atom. The van der Waals surface area contributed by atoms with E-state index >= 15 is 0 Å². The molecule has 0 aromatic rings. The molecule has 1 N–H and O–H groups in total. The van der Waals surface area contributed by atoms with Gasteiger partial charge in [-0.25, -0.2) is 0 Å². The minimum atomic E-state index is -4.30.